The van der Waals surface area contributed by atoms with Crippen LogP contribution in [0.1, 0.15) is 22.3 Å². The molecule has 6 heteroatoms. The largest absolute Gasteiger partial charge is 0.493 e. The first-order valence-electron chi connectivity index (χ1n) is 6.87. The molecule has 22 heavy (non-hydrogen) atoms. The molecule has 0 bridgehead atoms. The molecule has 0 aliphatic rings. The monoisotopic (exact) mass is 383 g/mol. The van der Waals surface area contributed by atoms with Gasteiger partial charge in [0.15, 0.2) is 11.5 Å². The summed E-state index contributed by atoms with van der Waals surface area (Å²) >= 11 is 4.86. The van der Waals surface area contributed by atoms with Crippen molar-refractivity contribution in [1.82, 2.24) is 5.32 Å². The predicted octanol–water partition coefficient (Wildman–Crippen LogP) is 3.89. The number of carbonyl (C=O) groups is 1. The lowest BCUT2D eigenvalue weighted by molar-refractivity contribution is 0.0953. The molecule has 2 rings (SSSR count). The summed E-state index contributed by atoms with van der Waals surface area (Å²) in [5.41, 5.74) is 1.85. The minimum atomic E-state index is -0.0331. The lowest BCUT2D eigenvalue weighted by Crippen LogP contribution is -2.24. The van der Waals surface area contributed by atoms with Crippen LogP contribution in [0.5, 0.6) is 11.5 Å². The number of hydrogen-bond acceptors (Lipinski definition) is 4. The van der Waals surface area contributed by atoms with Crippen LogP contribution in [-0.4, -0.2) is 26.7 Å². The van der Waals surface area contributed by atoms with Gasteiger partial charge in [-0.1, -0.05) is 6.07 Å². The number of carbonyl (C=O) groups excluding carboxylic acids is 1. The van der Waals surface area contributed by atoms with Gasteiger partial charge in [0.05, 0.1) is 23.6 Å². The third-order valence-electron chi connectivity index (χ3n) is 3.21. The number of ether oxygens (including phenoxy) is 2. The van der Waals surface area contributed by atoms with E-state index >= 15 is 0 Å². The van der Waals surface area contributed by atoms with Gasteiger partial charge in [-0.3, -0.25) is 4.79 Å². The van der Waals surface area contributed by atoms with Crippen LogP contribution >= 0.6 is 27.3 Å². The van der Waals surface area contributed by atoms with E-state index in [-0.39, 0.29) is 5.91 Å². The number of halogens is 1. The van der Waals surface area contributed by atoms with Crippen molar-refractivity contribution < 1.29 is 14.3 Å². The maximum Gasteiger partial charge on any atom is 0.252 e. The molecule has 0 spiro atoms. The van der Waals surface area contributed by atoms with Gasteiger partial charge >= 0.3 is 0 Å². The smallest absolute Gasteiger partial charge is 0.252 e. The van der Waals surface area contributed by atoms with Crippen molar-refractivity contribution in [2.24, 2.45) is 0 Å². The van der Waals surface area contributed by atoms with E-state index in [1.165, 1.54) is 11.3 Å². The summed E-state index contributed by atoms with van der Waals surface area (Å²) in [5, 5.41) is 4.77. The molecule has 0 aliphatic heterocycles. The molecular weight excluding hydrogens is 366 g/mol. The normalized spacial score (nSPS) is 10.3. The molecule has 0 radical (unpaired) electrons. The molecule has 1 aromatic heterocycles. The summed E-state index contributed by atoms with van der Waals surface area (Å²) < 4.78 is 11.5. The molecule has 4 nitrogen and oxygen atoms in total. The zero-order valence-electron chi connectivity index (χ0n) is 12.5. The zero-order valence-corrected chi connectivity index (χ0v) is 14.9. The quantitative estimate of drug-likeness (QED) is 0.737. The maximum absolute atomic E-state index is 11.9. The highest BCUT2D eigenvalue weighted by atomic mass is 79.9. The van der Waals surface area contributed by atoms with Crippen molar-refractivity contribution >= 4 is 33.2 Å². The average molecular weight is 384 g/mol. The highest BCUT2D eigenvalue weighted by molar-refractivity contribution is 9.11. The fourth-order valence-electron chi connectivity index (χ4n) is 2.06. The van der Waals surface area contributed by atoms with Crippen LogP contribution in [0, 0.1) is 0 Å². The molecule has 118 valence electrons. The molecule has 0 saturated carbocycles. The van der Waals surface area contributed by atoms with E-state index in [2.05, 4.69) is 21.2 Å². The first-order valence-corrected chi connectivity index (χ1v) is 8.54. The molecule has 0 unspecified atom stereocenters. The van der Waals surface area contributed by atoms with E-state index in [1.807, 2.05) is 29.6 Å². The first-order chi connectivity index (χ1) is 10.6. The number of methoxy groups -OCH3 is 2. The van der Waals surface area contributed by atoms with E-state index < -0.39 is 0 Å². The van der Waals surface area contributed by atoms with Crippen molar-refractivity contribution in [2.45, 2.75) is 12.8 Å². The Kier molecular flexibility index (Phi) is 6.27. The zero-order chi connectivity index (χ0) is 15.9. The van der Waals surface area contributed by atoms with Crippen LogP contribution in [0.25, 0.3) is 0 Å². The van der Waals surface area contributed by atoms with E-state index in [4.69, 9.17) is 9.47 Å². The summed E-state index contributed by atoms with van der Waals surface area (Å²) in [6.45, 7) is 0.640. The molecule has 1 heterocycles. The third kappa shape index (κ3) is 4.48. The minimum Gasteiger partial charge on any atom is -0.493 e. The molecule has 0 atom stereocenters. The Balaban J connectivity index is 1.80. The van der Waals surface area contributed by atoms with Crippen molar-refractivity contribution in [3.63, 3.8) is 0 Å². The van der Waals surface area contributed by atoms with Crippen LogP contribution in [0.2, 0.25) is 0 Å². The second-order valence-corrected chi connectivity index (χ2v) is 6.98. The van der Waals surface area contributed by atoms with E-state index in [0.717, 1.165) is 33.7 Å². The van der Waals surface area contributed by atoms with Crippen molar-refractivity contribution in [2.75, 3.05) is 20.8 Å². The standard InChI is InChI=1S/C16H18BrNO3S/c1-20-13-6-5-11(8-14(13)21-2)4-3-7-18-16(19)12-9-15(17)22-10-12/h5-6,8-10H,3-4,7H2,1-2H3,(H,18,19). The van der Waals surface area contributed by atoms with E-state index in [9.17, 15) is 4.79 Å². The summed E-state index contributed by atoms with van der Waals surface area (Å²) in [6.07, 6.45) is 1.74. The van der Waals surface area contributed by atoms with Gasteiger partial charge in [0.1, 0.15) is 0 Å². The van der Waals surface area contributed by atoms with Crippen LogP contribution in [0.15, 0.2) is 33.4 Å². The Labute approximate surface area is 142 Å². The molecule has 0 fully saturated rings. The summed E-state index contributed by atoms with van der Waals surface area (Å²) in [6, 6.07) is 7.71. The van der Waals surface area contributed by atoms with Gasteiger partial charge in [0.25, 0.3) is 5.91 Å². The summed E-state index contributed by atoms with van der Waals surface area (Å²) in [5.74, 6) is 1.42. The number of amides is 1. The minimum absolute atomic E-state index is 0.0331. The second kappa shape index (κ2) is 8.19. The second-order valence-electron chi connectivity index (χ2n) is 4.69. The van der Waals surface area contributed by atoms with Gasteiger partial charge in [0, 0.05) is 11.9 Å². The number of rotatable bonds is 7. The van der Waals surface area contributed by atoms with Gasteiger partial charge in [-0.05, 0) is 52.5 Å². The summed E-state index contributed by atoms with van der Waals surface area (Å²) in [7, 11) is 3.25. The van der Waals surface area contributed by atoms with Crippen molar-refractivity contribution in [1.29, 1.82) is 0 Å². The Morgan fingerprint density at radius 2 is 2.00 bits per heavy atom. The molecule has 0 saturated heterocycles. The fourth-order valence-corrected chi connectivity index (χ4v) is 3.20. The van der Waals surface area contributed by atoms with E-state index in [0.29, 0.717) is 12.1 Å². The average Bonchev–Trinajstić information content (AvgIpc) is 2.97. The van der Waals surface area contributed by atoms with Crippen molar-refractivity contribution in [3.8, 4) is 11.5 Å². The number of aryl methyl sites for hydroxylation is 1. The Morgan fingerprint density at radius 3 is 2.64 bits per heavy atom. The van der Waals surface area contributed by atoms with Crippen LogP contribution in [0.4, 0.5) is 0 Å². The van der Waals surface area contributed by atoms with Gasteiger partial charge in [-0.25, -0.2) is 0 Å². The van der Waals surface area contributed by atoms with Crippen LogP contribution in [0.3, 0.4) is 0 Å². The first kappa shape index (κ1) is 16.8. The summed E-state index contributed by atoms with van der Waals surface area (Å²) in [4.78, 5) is 11.9. The van der Waals surface area contributed by atoms with E-state index in [1.54, 1.807) is 14.2 Å². The Bertz CT molecular complexity index is 642. The molecule has 1 aromatic carbocycles. The highest BCUT2D eigenvalue weighted by Crippen LogP contribution is 2.27. The number of benzene rings is 1. The molecule has 1 N–H and O–H groups in total. The number of nitrogens with one attached hydrogen (secondary N) is 1. The Hall–Kier alpha value is -1.53. The highest BCUT2D eigenvalue weighted by Gasteiger charge is 2.07. The lowest BCUT2D eigenvalue weighted by atomic mass is 10.1. The van der Waals surface area contributed by atoms with Gasteiger partial charge in [-0.2, -0.15) is 0 Å². The maximum atomic E-state index is 11.9. The van der Waals surface area contributed by atoms with Gasteiger partial charge in [0.2, 0.25) is 0 Å². The topological polar surface area (TPSA) is 47.6 Å². The molecule has 0 aliphatic carbocycles. The van der Waals surface area contributed by atoms with Crippen molar-refractivity contribution in [3.05, 3.63) is 44.6 Å². The predicted molar refractivity (Wildman–Crippen MR) is 92.2 cm³/mol. The van der Waals surface area contributed by atoms with Crippen LogP contribution < -0.4 is 14.8 Å². The van der Waals surface area contributed by atoms with Gasteiger partial charge < -0.3 is 14.8 Å². The van der Waals surface area contributed by atoms with Gasteiger partial charge in [-0.15, -0.1) is 11.3 Å². The SMILES string of the molecule is COc1ccc(CCCNC(=O)c2csc(Br)c2)cc1OC. The molecule has 2 aromatic rings. The number of thiophene rings is 1. The number of hydrogen-bond donors (Lipinski definition) is 1. The fraction of sp³-hybridized carbons (Fsp3) is 0.312. The molecular formula is C16H18BrNO3S. The Morgan fingerprint density at radius 1 is 1.23 bits per heavy atom. The lowest BCUT2D eigenvalue weighted by Gasteiger charge is -2.09. The molecule has 1 amide bonds. The van der Waals surface area contributed by atoms with Crippen LogP contribution in [-0.2, 0) is 6.42 Å². The third-order valence-corrected chi connectivity index (χ3v) is 4.71.